The Labute approximate surface area is 267 Å². The molecule has 0 unspecified atom stereocenters. The van der Waals surface area contributed by atoms with E-state index in [4.69, 9.17) is 4.42 Å². The summed E-state index contributed by atoms with van der Waals surface area (Å²) in [5.74, 6) is -2.11. The molecule has 1 aliphatic heterocycles. The second kappa shape index (κ2) is 15.3. The van der Waals surface area contributed by atoms with Crippen molar-refractivity contribution < 1.29 is 33.5 Å². The van der Waals surface area contributed by atoms with Crippen molar-refractivity contribution in [2.75, 3.05) is 19.6 Å². The van der Waals surface area contributed by atoms with E-state index in [1.54, 1.807) is 68.4 Å². The molecule has 1 saturated heterocycles. The highest BCUT2D eigenvalue weighted by atomic mass is 16.3. The summed E-state index contributed by atoms with van der Waals surface area (Å²) in [7, 11) is 0. The average Bonchev–Trinajstić information content (AvgIpc) is 3.47. The van der Waals surface area contributed by atoms with Gasteiger partial charge in [-0.25, -0.2) is 0 Å². The number of hydrogen-bond acceptors (Lipinski definition) is 7. The Morgan fingerprint density at radius 2 is 1.63 bits per heavy atom. The van der Waals surface area contributed by atoms with Crippen LogP contribution in [0.4, 0.5) is 0 Å². The molecule has 2 heterocycles. The molecule has 12 heteroatoms. The predicted molar refractivity (Wildman–Crippen MR) is 170 cm³/mol. The van der Waals surface area contributed by atoms with Gasteiger partial charge in [0, 0.05) is 30.6 Å². The molecule has 0 saturated carbocycles. The third-order valence-electron chi connectivity index (χ3n) is 7.68. The second-order valence-corrected chi connectivity index (χ2v) is 11.8. The van der Waals surface area contributed by atoms with E-state index in [1.165, 1.54) is 11.8 Å². The van der Waals surface area contributed by atoms with E-state index in [-0.39, 0.29) is 25.4 Å². The first-order valence-electron chi connectivity index (χ1n) is 15.3. The van der Waals surface area contributed by atoms with Crippen LogP contribution in [0.25, 0.3) is 11.3 Å². The fourth-order valence-corrected chi connectivity index (χ4v) is 5.16. The van der Waals surface area contributed by atoms with E-state index in [1.807, 2.05) is 19.1 Å². The molecule has 5 N–H and O–H groups in total. The lowest BCUT2D eigenvalue weighted by Gasteiger charge is -2.27. The van der Waals surface area contributed by atoms with Crippen LogP contribution in [0.5, 0.6) is 0 Å². The molecule has 1 fully saturated rings. The van der Waals surface area contributed by atoms with Crippen molar-refractivity contribution in [3.8, 4) is 11.3 Å². The zero-order chi connectivity index (χ0) is 33.4. The molecule has 0 spiro atoms. The molecule has 5 amide bonds. The zero-order valence-electron chi connectivity index (χ0n) is 26.4. The van der Waals surface area contributed by atoms with Crippen LogP contribution in [-0.2, 0) is 25.6 Å². The van der Waals surface area contributed by atoms with E-state index in [2.05, 4.69) is 21.3 Å². The fourth-order valence-electron chi connectivity index (χ4n) is 5.16. The first kappa shape index (κ1) is 33.9. The minimum Gasteiger partial charge on any atom is -0.461 e. The monoisotopic (exact) mass is 631 g/mol. The van der Waals surface area contributed by atoms with Crippen molar-refractivity contribution in [3.05, 3.63) is 83.6 Å². The Kier molecular flexibility index (Phi) is 11.3. The lowest BCUT2D eigenvalue weighted by Crippen LogP contribution is -2.60. The Balaban J connectivity index is 1.63. The molecule has 1 aliphatic rings. The number of aliphatic hydroxyl groups is 1. The Morgan fingerprint density at radius 1 is 0.891 bits per heavy atom. The van der Waals surface area contributed by atoms with Gasteiger partial charge in [0.1, 0.15) is 29.6 Å². The SMILES string of the molecule is Cc1ccc(-c2cccc(C(=O)N3CCNC(=O)[C@H]([C@@H](C)O)NC(=O)[C@H](Cc4ccccc4)NC(=O)[C@@H](C(C)C)NC(=O)C3)c2)o1. The number of nitrogens with zero attached hydrogens (tertiary/aromatic N) is 1. The maximum Gasteiger partial charge on any atom is 0.254 e. The first-order chi connectivity index (χ1) is 21.9. The number of aliphatic hydroxyl groups excluding tert-OH is 1. The number of carbonyl (C=O) groups is 5. The largest absolute Gasteiger partial charge is 0.461 e. The van der Waals surface area contributed by atoms with Crippen molar-refractivity contribution in [1.29, 1.82) is 0 Å². The van der Waals surface area contributed by atoms with Gasteiger partial charge in [0.2, 0.25) is 23.6 Å². The summed E-state index contributed by atoms with van der Waals surface area (Å²) >= 11 is 0. The topological polar surface area (TPSA) is 170 Å². The fraction of sp³-hybridized carbons (Fsp3) is 0.382. The van der Waals surface area contributed by atoms with Gasteiger partial charge in [-0.2, -0.15) is 0 Å². The molecule has 4 rings (SSSR count). The Bertz CT molecular complexity index is 1550. The van der Waals surface area contributed by atoms with Crippen LogP contribution in [-0.4, -0.2) is 83.4 Å². The standard InChI is InChI=1S/C34H41N5O7/c1-20(2)29-33(44)36-26(17-23-9-6-5-7-10-23)31(42)38-30(22(4)40)32(43)35-15-16-39(19-28(41)37-29)34(45)25-12-8-11-24(18-25)27-14-13-21(3)46-27/h5-14,18,20,22,26,29-30,40H,15-17,19H2,1-4H3,(H,35,43)(H,36,44)(H,37,41)(H,38,42)/t22-,26+,29-,30+/m1/s1. The number of amides is 5. The predicted octanol–water partition coefficient (Wildman–Crippen LogP) is 1.56. The summed E-state index contributed by atoms with van der Waals surface area (Å²) in [6.45, 7) is 6.13. The Morgan fingerprint density at radius 3 is 2.28 bits per heavy atom. The van der Waals surface area contributed by atoms with Crippen molar-refractivity contribution in [2.24, 2.45) is 5.92 Å². The summed E-state index contributed by atoms with van der Waals surface area (Å²) in [6.07, 6.45) is -1.17. The van der Waals surface area contributed by atoms with Gasteiger partial charge >= 0.3 is 0 Å². The number of aryl methyl sites for hydroxylation is 1. The number of hydrogen-bond donors (Lipinski definition) is 5. The molecule has 0 bridgehead atoms. The van der Waals surface area contributed by atoms with Crippen LogP contribution < -0.4 is 21.3 Å². The average molecular weight is 632 g/mol. The van der Waals surface area contributed by atoms with Gasteiger partial charge in [-0.15, -0.1) is 0 Å². The van der Waals surface area contributed by atoms with Crippen LogP contribution >= 0.6 is 0 Å². The molecular weight excluding hydrogens is 590 g/mol. The second-order valence-electron chi connectivity index (χ2n) is 11.8. The maximum absolute atomic E-state index is 13.7. The van der Waals surface area contributed by atoms with Crippen LogP contribution in [0.1, 0.15) is 42.5 Å². The first-order valence-corrected chi connectivity index (χ1v) is 15.3. The highest BCUT2D eigenvalue weighted by Crippen LogP contribution is 2.23. The number of benzene rings is 2. The normalized spacial score (nSPS) is 20.9. The third kappa shape index (κ3) is 8.81. The molecule has 4 atom stereocenters. The lowest BCUT2D eigenvalue weighted by atomic mass is 10.0. The van der Waals surface area contributed by atoms with E-state index < -0.39 is 60.3 Å². The molecule has 244 valence electrons. The summed E-state index contributed by atoms with van der Waals surface area (Å²) in [4.78, 5) is 68.6. The van der Waals surface area contributed by atoms with Crippen molar-refractivity contribution in [3.63, 3.8) is 0 Å². The quantitative estimate of drug-likeness (QED) is 0.275. The highest BCUT2D eigenvalue weighted by molar-refractivity contribution is 5.99. The van der Waals surface area contributed by atoms with Crippen LogP contribution in [0, 0.1) is 12.8 Å². The summed E-state index contributed by atoms with van der Waals surface area (Å²) < 4.78 is 5.70. The summed E-state index contributed by atoms with van der Waals surface area (Å²) in [6, 6.07) is 15.9. The molecule has 0 aliphatic carbocycles. The van der Waals surface area contributed by atoms with Crippen LogP contribution in [0.3, 0.4) is 0 Å². The van der Waals surface area contributed by atoms with Gasteiger partial charge in [-0.05, 0) is 49.6 Å². The van der Waals surface area contributed by atoms with E-state index in [0.717, 1.165) is 5.56 Å². The molecule has 12 nitrogen and oxygen atoms in total. The zero-order valence-corrected chi connectivity index (χ0v) is 26.4. The molecule has 2 aromatic carbocycles. The number of furan rings is 1. The van der Waals surface area contributed by atoms with Crippen LogP contribution in [0.15, 0.2) is 71.1 Å². The van der Waals surface area contributed by atoms with Gasteiger partial charge in [0.25, 0.3) is 5.91 Å². The summed E-state index contributed by atoms with van der Waals surface area (Å²) in [5, 5.41) is 21.1. The molecule has 3 aromatic rings. The van der Waals surface area contributed by atoms with Gasteiger partial charge in [-0.1, -0.05) is 56.3 Å². The van der Waals surface area contributed by atoms with Crippen molar-refractivity contribution >= 4 is 29.5 Å². The third-order valence-corrected chi connectivity index (χ3v) is 7.68. The molecular formula is C34H41N5O7. The Hall–Kier alpha value is -4.97. The minimum atomic E-state index is -1.34. The van der Waals surface area contributed by atoms with Gasteiger partial charge in [-0.3, -0.25) is 24.0 Å². The number of carbonyl (C=O) groups excluding carboxylic acids is 5. The highest BCUT2D eigenvalue weighted by Gasteiger charge is 2.33. The van der Waals surface area contributed by atoms with Crippen molar-refractivity contribution in [1.82, 2.24) is 26.2 Å². The smallest absolute Gasteiger partial charge is 0.254 e. The summed E-state index contributed by atoms with van der Waals surface area (Å²) in [5.41, 5.74) is 1.72. The van der Waals surface area contributed by atoms with Gasteiger partial charge < -0.3 is 35.7 Å². The van der Waals surface area contributed by atoms with Gasteiger partial charge in [0.15, 0.2) is 0 Å². The number of rotatable bonds is 6. The molecule has 1 aromatic heterocycles. The van der Waals surface area contributed by atoms with Crippen molar-refractivity contribution in [2.45, 2.75) is 58.3 Å². The van der Waals surface area contributed by atoms with Crippen LogP contribution in [0.2, 0.25) is 0 Å². The number of nitrogens with one attached hydrogen (secondary N) is 4. The van der Waals surface area contributed by atoms with E-state index in [9.17, 15) is 29.1 Å². The maximum atomic E-state index is 13.7. The molecule has 0 radical (unpaired) electrons. The minimum absolute atomic E-state index is 0.0717. The van der Waals surface area contributed by atoms with E-state index in [0.29, 0.717) is 22.6 Å². The van der Waals surface area contributed by atoms with Gasteiger partial charge in [0.05, 0.1) is 12.6 Å². The molecule has 46 heavy (non-hydrogen) atoms. The lowest BCUT2D eigenvalue weighted by molar-refractivity contribution is -0.135. The van der Waals surface area contributed by atoms with E-state index >= 15 is 0 Å².